The van der Waals surface area contributed by atoms with E-state index < -0.39 is 0 Å². The standard InChI is InChI=1S/C27H35N7O3/c35-27-21(14-18-15-23-24(37-17-36-23)16-22(18)28-27)25(26-29-30-31-34(26)20-8-4-5-9-20)33-12-10-32(11-13-33)19-6-2-1-3-7-19/h14-16,19-20,25H,1-13,17H2,(H,28,35). The third-order valence-corrected chi connectivity index (χ3v) is 8.90. The van der Waals surface area contributed by atoms with Gasteiger partial charge >= 0.3 is 0 Å². The number of ether oxygens (including phenoxy) is 2. The fourth-order valence-corrected chi connectivity index (χ4v) is 6.91. The first kappa shape index (κ1) is 23.2. The van der Waals surface area contributed by atoms with Crippen LogP contribution in [0.5, 0.6) is 11.5 Å². The average Bonchev–Trinajstić information content (AvgIpc) is 3.71. The van der Waals surface area contributed by atoms with Crippen molar-refractivity contribution < 1.29 is 9.47 Å². The van der Waals surface area contributed by atoms with Gasteiger partial charge in [0.1, 0.15) is 6.04 Å². The number of benzene rings is 1. The van der Waals surface area contributed by atoms with E-state index in [-0.39, 0.29) is 18.4 Å². The molecule has 3 fully saturated rings. The number of H-pyrrole nitrogens is 1. The van der Waals surface area contributed by atoms with Crippen molar-refractivity contribution in [2.45, 2.75) is 75.9 Å². The maximum atomic E-state index is 13.6. The van der Waals surface area contributed by atoms with Gasteiger partial charge in [0.05, 0.1) is 11.6 Å². The molecule has 0 spiro atoms. The van der Waals surface area contributed by atoms with E-state index in [0.717, 1.165) is 55.7 Å². The van der Waals surface area contributed by atoms with Crippen LogP contribution in [0.3, 0.4) is 0 Å². The maximum absolute atomic E-state index is 13.6. The van der Waals surface area contributed by atoms with Gasteiger partial charge in [-0.05, 0) is 48.2 Å². The van der Waals surface area contributed by atoms with Gasteiger partial charge in [-0.25, -0.2) is 4.68 Å². The van der Waals surface area contributed by atoms with Crippen molar-refractivity contribution >= 4 is 10.9 Å². The first-order chi connectivity index (χ1) is 18.2. The molecule has 4 heterocycles. The third kappa shape index (κ3) is 4.29. The molecule has 7 rings (SSSR count). The lowest BCUT2D eigenvalue weighted by Gasteiger charge is -2.43. The molecule has 0 radical (unpaired) electrons. The lowest BCUT2D eigenvalue weighted by molar-refractivity contribution is 0.0613. The van der Waals surface area contributed by atoms with Crippen molar-refractivity contribution in [1.82, 2.24) is 35.0 Å². The van der Waals surface area contributed by atoms with E-state index in [0.29, 0.717) is 29.1 Å². The number of nitrogens with zero attached hydrogens (tertiary/aromatic N) is 6. The van der Waals surface area contributed by atoms with Gasteiger partial charge in [0.2, 0.25) is 6.79 Å². The molecule has 10 nitrogen and oxygen atoms in total. The van der Waals surface area contributed by atoms with Crippen LogP contribution in [0.2, 0.25) is 0 Å². The number of hydrogen-bond acceptors (Lipinski definition) is 8. The fourth-order valence-electron chi connectivity index (χ4n) is 6.91. The van der Waals surface area contributed by atoms with Crippen LogP contribution in [-0.2, 0) is 0 Å². The van der Waals surface area contributed by atoms with Crippen molar-refractivity contribution in [2.24, 2.45) is 0 Å². The predicted molar refractivity (Wildman–Crippen MR) is 138 cm³/mol. The van der Waals surface area contributed by atoms with Crippen molar-refractivity contribution in [3.8, 4) is 11.5 Å². The number of tetrazole rings is 1. The zero-order valence-corrected chi connectivity index (χ0v) is 21.3. The number of aromatic amines is 1. The molecular formula is C27H35N7O3. The van der Waals surface area contributed by atoms with E-state index in [1.165, 1.54) is 44.9 Å². The minimum absolute atomic E-state index is 0.105. The second kappa shape index (κ2) is 9.72. The Hall–Kier alpha value is -2.98. The molecule has 1 N–H and O–H groups in total. The summed E-state index contributed by atoms with van der Waals surface area (Å²) in [5, 5.41) is 14.0. The molecule has 2 aromatic heterocycles. The Kier molecular flexibility index (Phi) is 6.08. The molecule has 0 amide bonds. The number of nitrogens with one attached hydrogen (secondary N) is 1. The van der Waals surface area contributed by atoms with Crippen LogP contribution >= 0.6 is 0 Å². The molecule has 2 saturated carbocycles. The Bertz CT molecular complexity index is 1320. The molecular weight excluding hydrogens is 470 g/mol. The topological polar surface area (TPSA) is 101 Å². The second-order valence-corrected chi connectivity index (χ2v) is 11.0. The molecule has 10 heteroatoms. The van der Waals surface area contributed by atoms with Gasteiger partial charge < -0.3 is 14.5 Å². The van der Waals surface area contributed by atoms with E-state index in [1.807, 2.05) is 22.9 Å². The number of aromatic nitrogens is 5. The van der Waals surface area contributed by atoms with E-state index in [1.54, 1.807) is 0 Å². The summed E-state index contributed by atoms with van der Waals surface area (Å²) in [5.74, 6) is 2.15. The Morgan fingerprint density at radius 2 is 1.57 bits per heavy atom. The van der Waals surface area contributed by atoms with Crippen molar-refractivity contribution in [3.05, 3.63) is 39.9 Å². The average molecular weight is 506 g/mol. The van der Waals surface area contributed by atoms with Crippen LogP contribution in [0.4, 0.5) is 0 Å². The van der Waals surface area contributed by atoms with Crippen LogP contribution in [0, 0.1) is 0 Å². The zero-order chi connectivity index (χ0) is 24.8. The van der Waals surface area contributed by atoms with Gasteiger partial charge in [0.15, 0.2) is 17.3 Å². The molecule has 2 aliphatic heterocycles. The van der Waals surface area contributed by atoms with Crippen molar-refractivity contribution in [2.75, 3.05) is 33.0 Å². The molecule has 1 aromatic carbocycles. The highest BCUT2D eigenvalue weighted by atomic mass is 16.7. The van der Waals surface area contributed by atoms with E-state index in [9.17, 15) is 4.79 Å². The zero-order valence-electron chi connectivity index (χ0n) is 21.3. The molecule has 1 atom stereocenters. The molecule has 1 unspecified atom stereocenters. The summed E-state index contributed by atoms with van der Waals surface area (Å²) in [7, 11) is 0. The largest absolute Gasteiger partial charge is 0.454 e. The van der Waals surface area contributed by atoms with Gasteiger partial charge in [-0.2, -0.15) is 0 Å². The number of rotatable bonds is 5. The van der Waals surface area contributed by atoms with Crippen LogP contribution < -0.4 is 15.0 Å². The lowest BCUT2D eigenvalue weighted by Crippen LogP contribution is -2.52. The lowest BCUT2D eigenvalue weighted by atomic mass is 9.93. The molecule has 0 bridgehead atoms. The summed E-state index contributed by atoms with van der Waals surface area (Å²) >= 11 is 0. The predicted octanol–water partition coefficient (Wildman–Crippen LogP) is 3.40. The van der Waals surface area contributed by atoms with E-state index >= 15 is 0 Å². The van der Waals surface area contributed by atoms with E-state index in [4.69, 9.17) is 9.47 Å². The Morgan fingerprint density at radius 3 is 2.35 bits per heavy atom. The van der Waals surface area contributed by atoms with Crippen molar-refractivity contribution in [1.29, 1.82) is 0 Å². The maximum Gasteiger partial charge on any atom is 0.253 e. The highest BCUT2D eigenvalue weighted by Crippen LogP contribution is 2.38. The number of fused-ring (bicyclic) bond motifs is 2. The Labute approximate surface area is 215 Å². The molecule has 37 heavy (non-hydrogen) atoms. The third-order valence-electron chi connectivity index (χ3n) is 8.90. The van der Waals surface area contributed by atoms with Gasteiger partial charge in [0.25, 0.3) is 5.56 Å². The monoisotopic (exact) mass is 505 g/mol. The molecule has 4 aliphatic rings. The number of pyridine rings is 1. The summed E-state index contributed by atoms with van der Waals surface area (Å²) in [6.45, 7) is 3.99. The van der Waals surface area contributed by atoms with Gasteiger partial charge in [-0.1, -0.05) is 32.1 Å². The molecule has 2 aliphatic carbocycles. The highest BCUT2D eigenvalue weighted by Gasteiger charge is 2.36. The minimum Gasteiger partial charge on any atom is -0.454 e. The SMILES string of the molecule is O=c1[nH]c2cc3c(cc2cc1C(c1nnnn1C1CCCC1)N1CCN(C2CCCCC2)CC1)OCO3. The summed E-state index contributed by atoms with van der Waals surface area (Å²) in [6.07, 6.45) is 11.2. The quantitative estimate of drug-likeness (QED) is 0.563. The van der Waals surface area contributed by atoms with E-state index in [2.05, 4.69) is 30.3 Å². The summed E-state index contributed by atoms with van der Waals surface area (Å²) in [6, 6.07) is 6.50. The summed E-state index contributed by atoms with van der Waals surface area (Å²) in [5.41, 5.74) is 1.33. The first-order valence-corrected chi connectivity index (χ1v) is 14.0. The second-order valence-electron chi connectivity index (χ2n) is 11.0. The van der Waals surface area contributed by atoms with Crippen LogP contribution in [0.15, 0.2) is 23.0 Å². The highest BCUT2D eigenvalue weighted by molar-refractivity contribution is 5.83. The fraction of sp³-hybridized carbons (Fsp3) is 0.630. The number of piperazine rings is 1. The molecule has 1 saturated heterocycles. The minimum atomic E-state index is -0.303. The molecule has 196 valence electrons. The van der Waals surface area contributed by atoms with Gasteiger partial charge in [0, 0.05) is 49.2 Å². The molecule has 3 aromatic rings. The van der Waals surface area contributed by atoms with Gasteiger partial charge in [-0.3, -0.25) is 14.6 Å². The summed E-state index contributed by atoms with van der Waals surface area (Å²) in [4.78, 5) is 21.8. The smallest absolute Gasteiger partial charge is 0.253 e. The summed E-state index contributed by atoms with van der Waals surface area (Å²) < 4.78 is 13.1. The Morgan fingerprint density at radius 1 is 0.865 bits per heavy atom. The normalized spacial score (nSPS) is 22.7. The van der Waals surface area contributed by atoms with Gasteiger partial charge in [-0.15, -0.1) is 5.10 Å². The number of hydrogen-bond donors (Lipinski definition) is 1. The van der Waals surface area contributed by atoms with Crippen molar-refractivity contribution in [3.63, 3.8) is 0 Å². The van der Waals surface area contributed by atoms with Crippen LogP contribution in [-0.4, -0.2) is 74.0 Å². The van der Waals surface area contributed by atoms with Crippen LogP contribution in [0.25, 0.3) is 10.9 Å². The van der Waals surface area contributed by atoms with Crippen LogP contribution in [0.1, 0.15) is 81.3 Å². The first-order valence-electron chi connectivity index (χ1n) is 14.0. The Balaban J connectivity index is 1.26.